The highest BCUT2D eigenvalue weighted by atomic mass is 32.2. The number of ether oxygens (including phenoxy) is 3. The molecule has 0 saturated carbocycles. The molecule has 1 aromatic heterocycles. The van der Waals surface area contributed by atoms with E-state index in [0.717, 1.165) is 4.90 Å². The Morgan fingerprint density at radius 2 is 1.95 bits per heavy atom. The lowest BCUT2D eigenvalue weighted by molar-refractivity contribution is -0.173. The van der Waals surface area contributed by atoms with Crippen molar-refractivity contribution in [2.45, 2.75) is 45.5 Å². The summed E-state index contributed by atoms with van der Waals surface area (Å²) in [5.74, 6) is -2.45. The number of fused-ring (bicyclic) bond motifs is 1. The summed E-state index contributed by atoms with van der Waals surface area (Å²) in [6, 6.07) is -0.941. The largest absolute Gasteiger partial charge is 0.445 e. The second-order valence-electron chi connectivity index (χ2n) is 9.25. The standard InChI is InChI=1S/C23H29N5O8S2/c1-5-6-12(13-9-38-21(24)26-13)16(29)27-14-17(30)28-15(11(7-34-22(25)33)8-37-18(14)28)19(31)35-10-36-20(32)23(2,3)4/h6,9,14,18H,5,7-8,10H2,1-4H3,(H2,24,26)(H2,25,33)(H,27,29)/t14?,18-/m1/s1. The molecule has 206 valence electrons. The summed E-state index contributed by atoms with van der Waals surface area (Å²) in [6.07, 6.45) is 1.17. The van der Waals surface area contributed by atoms with E-state index in [1.165, 1.54) is 23.1 Å². The average molecular weight is 568 g/mol. The zero-order valence-electron chi connectivity index (χ0n) is 21.3. The van der Waals surface area contributed by atoms with Crippen molar-refractivity contribution in [1.29, 1.82) is 0 Å². The maximum Gasteiger partial charge on any atom is 0.404 e. The van der Waals surface area contributed by atoms with Gasteiger partial charge in [-0.3, -0.25) is 19.3 Å². The van der Waals surface area contributed by atoms with Crippen molar-refractivity contribution in [3.8, 4) is 0 Å². The second-order valence-corrected chi connectivity index (χ2v) is 11.2. The van der Waals surface area contributed by atoms with Crippen LogP contribution >= 0.6 is 23.1 Å². The molecule has 2 aliphatic heterocycles. The molecule has 2 atom stereocenters. The predicted molar refractivity (Wildman–Crippen MR) is 139 cm³/mol. The molecule has 0 radical (unpaired) electrons. The molecule has 1 fully saturated rings. The topological polar surface area (TPSA) is 193 Å². The van der Waals surface area contributed by atoms with E-state index in [9.17, 15) is 24.0 Å². The second kappa shape index (κ2) is 11.9. The monoisotopic (exact) mass is 567 g/mol. The number of hydrogen-bond acceptors (Lipinski definition) is 12. The Labute approximate surface area is 226 Å². The van der Waals surface area contributed by atoms with Crippen molar-refractivity contribution in [1.82, 2.24) is 15.2 Å². The Morgan fingerprint density at radius 3 is 2.53 bits per heavy atom. The number of nitrogens with zero attached hydrogens (tertiary/aromatic N) is 2. The number of carbonyl (C=O) groups excluding carboxylic acids is 5. The highest BCUT2D eigenvalue weighted by Crippen LogP contribution is 2.41. The first-order valence-electron chi connectivity index (χ1n) is 11.5. The van der Waals surface area contributed by atoms with Gasteiger partial charge in [0.1, 0.15) is 23.7 Å². The molecule has 1 aromatic rings. The third kappa shape index (κ3) is 6.45. The van der Waals surface area contributed by atoms with Crippen LogP contribution < -0.4 is 16.8 Å². The van der Waals surface area contributed by atoms with Crippen LogP contribution in [0.4, 0.5) is 9.93 Å². The number of nitrogens with two attached hydrogens (primary N) is 2. The van der Waals surface area contributed by atoms with Gasteiger partial charge in [-0.15, -0.1) is 23.1 Å². The van der Waals surface area contributed by atoms with Crippen molar-refractivity contribution in [2.75, 3.05) is 24.9 Å². The lowest BCUT2D eigenvalue weighted by Crippen LogP contribution is -2.70. The lowest BCUT2D eigenvalue weighted by atomic mass is 9.98. The number of carbonyl (C=O) groups is 5. The van der Waals surface area contributed by atoms with Crippen LogP contribution in [0.2, 0.25) is 0 Å². The number of hydrogen-bond donors (Lipinski definition) is 3. The molecular formula is C23H29N5O8S2. The van der Waals surface area contributed by atoms with Crippen LogP contribution in [0.15, 0.2) is 22.7 Å². The van der Waals surface area contributed by atoms with Crippen molar-refractivity contribution in [3.05, 3.63) is 28.4 Å². The van der Waals surface area contributed by atoms with Crippen LogP contribution in [0, 0.1) is 5.41 Å². The number of aromatic nitrogens is 1. The number of anilines is 1. The van der Waals surface area contributed by atoms with E-state index >= 15 is 0 Å². The minimum atomic E-state index is -1.06. The number of thiazole rings is 1. The zero-order valence-corrected chi connectivity index (χ0v) is 22.9. The number of esters is 2. The quantitative estimate of drug-likeness (QED) is 0.169. The van der Waals surface area contributed by atoms with Gasteiger partial charge in [-0.1, -0.05) is 13.0 Å². The molecule has 3 amide bonds. The van der Waals surface area contributed by atoms with Gasteiger partial charge in [0.25, 0.3) is 11.8 Å². The Morgan fingerprint density at radius 1 is 1.24 bits per heavy atom. The molecular weight excluding hydrogens is 538 g/mol. The van der Waals surface area contributed by atoms with E-state index in [1.54, 1.807) is 32.2 Å². The number of thioether (sulfide) groups is 1. The molecule has 38 heavy (non-hydrogen) atoms. The van der Waals surface area contributed by atoms with Crippen molar-refractivity contribution < 1.29 is 38.2 Å². The van der Waals surface area contributed by atoms with Crippen molar-refractivity contribution >= 4 is 63.6 Å². The summed E-state index contributed by atoms with van der Waals surface area (Å²) >= 11 is 2.45. The van der Waals surface area contributed by atoms with Crippen LogP contribution in [-0.4, -0.2) is 70.3 Å². The SMILES string of the molecule is CCC=C(C(=O)NC1C(=O)N2C(C(=O)OCOC(=O)C(C)(C)C)=C(COC(N)=O)CS[C@H]12)c1csc(N)n1. The van der Waals surface area contributed by atoms with E-state index in [0.29, 0.717) is 17.2 Å². The maximum absolute atomic E-state index is 13.1. The smallest absolute Gasteiger partial charge is 0.404 e. The van der Waals surface area contributed by atoms with Gasteiger partial charge in [-0.2, -0.15) is 0 Å². The summed E-state index contributed by atoms with van der Waals surface area (Å²) in [4.78, 5) is 67.6. The Hall–Kier alpha value is -3.59. The first-order valence-corrected chi connectivity index (χ1v) is 13.4. The molecule has 15 heteroatoms. The highest BCUT2D eigenvalue weighted by Gasteiger charge is 2.54. The zero-order chi connectivity index (χ0) is 28.2. The maximum atomic E-state index is 13.1. The molecule has 13 nitrogen and oxygen atoms in total. The first kappa shape index (κ1) is 29.0. The summed E-state index contributed by atoms with van der Waals surface area (Å²) in [6.45, 7) is 5.74. The number of nitrogens with one attached hydrogen (secondary N) is 1. The summed E-state index contributed by atoms with van der Waals surface area (Å²) in [7, 11) is 0. The molecule has 5 N–H and O–H groups in total. The van der Waals surface area contributed by atoms with Crippen LogP contribution in [0.25, 0.3) is 5.57 Å². The molecule has 0 bridgehead atoms. The fourth-order valence-corrected chi connectivity index (χ4v) is 5.40. The summed E-state index contributed by atoms with van der Waals surface area (Å²) in [5.41, 5.74) is 10.7. The minimum Gasteiger partial charge on any atom is -0.445 e. The normalized spacial score (nSPS) is 19.3. The van der Waals surface area contributed by atoms with Gasteiger partial charge in [0.15, 0.2) is 5.13 Å². The molecule has 0 aromatic carbocycles. The van der Waals surface area contributed by atoms with Crippen molar-refractivity contribution in [2.24, 2.45) is 11.1 Å². The summed E-state index contributed by atoms with van der Waals surface area (Å²) < 4.78 is 14.9. The molecule has 1 unspecified atom stereocenters. The highest BCUT2D eigenvalue weighted by molar-refractivity contribution is 8.00. The van der Waals surface area contributed by atoms with Gasteiger partial charge >= 0.3 is 18.0 Å². The van der Waals surface area contributed by atoms with E-state index in [4.69, 9.17) is 25.7 Å². The number of primary amides is 1. The number of allylic oxidation sites excluding steroid dienone is 1. The summed E-state index contributed by atoms with van der Waals surface area (Å²) in [5, 5.41) is 4.03. The van der Waals surface area contributed by atoms with E-state index < -0.39 is 53.5 Å². The fraction of sp³-hybridized carbons (Fsp3) is 0.478. The Kier molecular flexibility index (Phi) is 9.04. The van der Waals surface area contributed by atoms with Crippen molar-refractivity contribution in [3.63, 3.8) is 0 Å². The third-order valence-corrected chi connectivity index (χ3v) is 7.37. The van der Waals surface area contributed by atoms with Crippen LogP contribution in [0.5, 0.6) is 0 Å². The molecule has 3 heterocycles. The van der Waals surface area contributed by atoms with E-state index in [1.807, 2.05) is 6.92 Å². The first-order chi connectivity index (χ1) is 17.8. The number of rotatable bonds is 9. The lowest BCUT2D eigenvalue weighted by Gasteiger charge is -2.49. The third-order valence-electron chi connectivity index (χ3n) is 5.36. The number of amides is 3. The predicted octanol–water partition coefficient (Wildman–Crippen LogP) is 1.36. The minimum absolute atomic E-state index is 0.158. The van der Waals surface area contributed by atoms with Gasteiger partial charge in [0.2, 0.25) is 6.79 Å². The van der Waals surface area contributed by atoms with Gasteiger partial charge in [-0.25, -0.2) is 14.6 Å². The van der Waals surface area contributed by atoms with E-state index in [2.05, 4.69) is 10.3 Å². The van der Waals surface area contributed by atoms with Gasteiger partial charge in [0, 0.05) is 16.7 Å². The van der Waals surface area contributed by atoms with Gasteiger partial charge < -0.3 is 31.0 Å². The molecule has 0 spiro atoms. The van der Waals surface area contributed by atoms with Crippen LogP contribution in [0.1, 0.15) is 39.8 Å². The Bertz CT molecular complexity index is 1200. The Balaban J connectivity index is 1.77. The average Bonchev–Trinajstić information content (AvgIpc) is 3.28. The number of β-lactam (4-membered cyclic amide) rings is 1. The van der Waals surface area contributed by atoms with Gasteiger partial charge in [-0.05, 0) is 27.2 Å². The molecule has 3 rings (SSSR count). The molecule has 0 aliphatic carbocycles. The van der Waals surface area contributed by atoms with E-state index in [-0.39, 0.29) is 29.2 Å². The number of nitrogen functional groups attached to an aromatic ring is 1. The van der Waals surface area contributed by atoms with Crippen LogP contribution in [0.3, 0.4) is 0 Å². The van der Waals surface area contributed by atoms with Gasteiger partial charge in [0.05, 0.1) is 16.7 Å². The fourth-order valence-electron chi connectivity index (χ4n) is 3.51. The molecule has 1 saturated heterocycles. The molecule has 2 aliphatic rings. The van der Waals surface area contributed by atoms with Crippen LogP contribution in [-0.2, 0) is 33.4 Å².